The molecule has 1 aromatic heterocycles. The van der Waals surface area contributed by atoms with Gasteiger partial charge in [-0.2, -0.15) is 0 Å². The van der Waals surface area contributed by atoms with Gasteiger partial charge in [-0.3, -0.25) is 14.5 Å². The Morgan fingerprint density at radius 3 is 2.67 bits per heavy atom. The van der Waals surface area contributed by atoms with Gasteiger partial charge in [0, 0.05) is 40.8 Å². The fourth-order valence-electron chi connectivity index (χ4n) is 4.40. The minimum atomic E-state index is -0.195. The molecule has 1 amide bonds. The number of ketones is 1. The van der Waals surface area contributed by atoms with Crippen molar-refractivity contribution in [1.82, 2.24) is 10.2 Å². The van der Waals surface area contributed by atoms with Crippen molar-refractivity contribution < 1.29 is 9.59 Å². The molecule has 5 nitrogen and oxygen atoms in total. The van der Waals surface area contributed by atoms with Gasteiger partial charge in [-0.1, -0.05) is 82.7 Å². The first-order valence-electron chi connectivity index (χ1n) is 10.9. The predicted octanol–water partition coefficient (Wildman–Crippen LogP) is 6.32. The number of Topliss-reactive ketones (excluding diaryl/α,β-unsaturated/α-hetero) is 1. The number of aromatic nitrogens is 2. The van der Waals surface area contributed by atoms with Crippen LogP contribution >= 0.6 is 34.7 Å². The fraction of sp³-hybridized carbons (Fsp3) is 0.280. The highest BCUT2D eigenvalue weighted by molar-refractivity contribution is 8.00. The molecule has 0 bridgehead atoms. The second kappa shape index (κ2) is 9.41. The Labute approximate surface area is 205 Å². The first-order chi connectivity index (χ1) is 16.0. The average molecular weight is 496 g/mol. The average Bonchev–Trinajstić information content (AvgIpc) is 3.27. The van der Waals surface area contributed by atoms with Gasteiger partial charge >= 0.3 is 0 Å². The van der Waals surface area contributed by atoms with Gasteiger partial charge in [-0.05, 0) is 37.0 Å². The third-order valence-corrected chi connectivity index (χ3v) is 8.51. The van der Waals surface area contributed by atoms with Crippen molar-refractivity contribution in [2.75, 3.05) is 4.90 Å². The number of nitrogens with zero attached hydrogens (tertiary/aromatic N) is 3. The van der Waals surface area contributed by atoms with Crippen LogP contribution in [0, 0.1) is 6.92 Å². The second-order valence-electron chi connectivity index (χ2n) is 8.26. The van der Waals surface area contributed by atoms with Crippen molar-refractivity contribution in [3.05, 3.63) is 81.5 Å². The highest BCUT2D eigenvalue weighted by Gasteiger charge is 2.40. The number of carbonyl (C=O) groups excluding carboxylic acids is 2. The van der Waals surface area contributed by atoms with Gasteiger partial charge < -0.3 is 0 Å². The Kier molecular flexibility index (Phi) is 6.36. The van der Waals surface area contributed by atoms with Crippen molar-refractivity contribution in [2.24, 2.45) is 0 Å². The minimum Gasteiger partial charge on any atom is -0.294 e. The standard InChI is InChI=1S/C25H22ClN3O2S2/c1-15-9-11-16(12-10-15)18-13-22(31)29(20-7-4-8-21(30)23(18)20)24-27-28-25(33-24)32-14-17-5-2-3-6-19(17)26/h2-3,5-6,9-12,18H,4,7-8,13-14H2,1H3. The van der Waals surface area contributed by atoms with Crippen LogP contribution in [0.25, 0.3) is 0 Å². The summed E-state index contributed by atoms with van der Waals surface area (Å²) in [6.07, 6.45) is 2.22. The highest BCUT2D eigenvalue weighted by atomic mass is 35.5. The maximum atomic E-state index is 13.3. The molecule has 1 aliphatic heterocycles. The summed E-state index contributed by atoms with van der Waals surface area (Å²) < 4.78 is 0.766. The summed E-state index contributed by atoms with van der Waals surface area (Å²) in [6.45, 7) is 2.03. The van der Waals surface area contributed by atoms with Gasteiger partial charge in [-0.25, -0.2) is 0 Å². The van der Waals surface area contributed by atoms with E-state index in [1.165, 1.54) is 11.3 Å². The van der Waals surface area contributed by atoms with E-state index in [0.717, 1.165) is 43.7 Å². The van der Waals surface area contributed by atoms with E-state index in [2.05, 4.69) is 10.2 Å². The van der Waals surface area contributed by atoms with E-state index in [1.807, 2.05) is 55.5 Å². The van der Waals surface area contributed by atoms with Crippen LogP contribution in [-0.2, 0) is 15.3 Å². The lowest BCUT2D eigenvalue weighted by Crippen LogP contribution is -2.40. The predicted molar refractivity (Wildman–Crippen MR) is 133 cm³/mol. The second-order valence-corrected chi connectivity index (χ2v) is 10.8. The Morgan fingerprint density at radius 2 is 1.88 bits per heavy atom. The maximum absolute atomic E-state index is 13.3. The van der Waals surface area contributed by atoms with Crippen LogP contribution in [0.5, 0.6) is 0 Å². The van der Waals surface area contributed by atoms with Gasteiger partial charge in [0.1, 0.15) is 0 Å². The van der Waals surface area contributed by atoms with Crippen LogP contribution in [-0.4, -0.2) is 21.9 Å². The number of anilines is 1. The fourth-order valence-corrected chi connectivity index (χ4v) is 6.57. The van der Waals surface area contributed by atoms with Gasteiger partial charge in [0.2, 0.25) is 11.0 Å². The molecule has 0 saturated heterocycles. The maximum Gasteiger partial charge on any atom is 0.234 e. The topological polar surface area (TPSA) is 63.2 Å². The Bertz CT molecular complexity index is 1250. The van der Waals surface area contributed by atoms with E-state index in [-0.39, 0.29) is 24.0 Å². The molecule has 0 fully saturated rings. The van der Waals surface area contributed by atoms with Gasteiger partial charge in [-0.15, -0.1) is 10.2 Å². The molecule has 1 atom stereocenters. The largest absolute Gasteiger partial charge is 0.294 e. The van der Waals surface area contributed by atoms with E-state index in [1.54, 1.807) is 16.7 Å². The molecule has 2 heterocycles. The van der Waals surface area contributed by atoms with Crippen LogP contribution in [0.1, 0.15) is 48.3 Å². The molecular weight excluding hydrogens is 474 g/mol. The van der Waals surface area contributed by atoms with E-state index >= 15 is 0 Å². The minimum absolute atomic E-state index is 0.0344. The Hall–Kier alpha value is -2.48. The van der Waals surface area contributed by atoms with Crippen molar-refractivity contribution in [2.45, 2.75) is 48.6 Å². The van der Waals surface area contributed by atoms with Gasteiger partial charge in [0.25, 0.3) is 0 Å². The third-order valence-electron chi connectivity index (χ3n) is 6.05. The summed E-state index contributed by atoms with van der Waals surface area (Å²) in [6, 6.07) is 15.9. The SMILES string of the molecule is Cc1ccc(C2CC(=O)N(c3nnc(SCc4ccccc4Cl)s3)C3=C2C(=O)CCC3)cc1. The summed E-state index contributed by atoms with van der Waals surface area (Å²) in [7, 11) is 0. The lowest BCUT2D eigenvalue weighted by atomic mass is 9.77. The highest BCUT2D eigenvalue weighted by Crippen LogP contribution is 2.44. The lowest BCUT2D eigenvalue weighted by Gasteiger charge is -2.36. The van der Waals surface area contributed by atoms with Crippen molar-refractivity contribution in [3.63, 3.8) is 0 Å². The molecule has 0 N–H and O–H groups in total. The molecule has 0 spiro atoms. The van der Waals surface area contributed by atoms with Crippen molar-refractivity contribution >= 4 is 51.5 Å². The number of carbonyl (C=O) groups is 2. The normalized spacial score (nSPS) is 18.6. The van der Waals surface area contributed by atoms with E-state index in [9.17, 15) is 9.59 Å². The zero-order valence-electron chi connectivity index (χ0n) is 18.1. The smallest absolute Gasteiger partial charge is 0.234 e. The molecular formula is C25H22ClN3O2S2. The first-order valence-corrected chi connectivity index (χ1v) is 13.0. The number of rotatable bonds is 5. The molecule has 1 aliphatic carbocycles. The monoisotopic (exact) mass is 495 g/mol. The van der Waals surface area contributed by atoms with Crippen molar-refractivity contribution in [3.8, 4) is 0 Å². The van der Waals surface area contributed by atoms with E-state index < -0.39 is 0 Å². The van der Waals surface area contributed by atoms with Crippen LogP contribution in [0.4, 0.5) is 5.13 Å². The van der Waals surface area contributed by atoms with Gasteiger partial charge in [0.05, 0.1) is 0 Å². The Balaban J connectivity index is 1.45. The van der Waals surface area contributed by atoms with Crippen LogP contribution in [0.15, 0.2) is 64.1 Å². The van der Waals surface area contributed by atoms with Crippen molar-refractivity contribution in [1.29, 1.82) is 0 Å². The summed E-state index contributed by atoms with van der Waals surface area (Å²) in [5, 5.41) is 9.88. The number of thioether (sulfide) groups is 1. The molecule has 3 aromatic rings. The molecule has 8 heteroatoms. The molecule has 33 heavy (non-hydrogen) atoms. The Morgan fingerprint density at radius 1 is 1.09 bits per heavy atom. The molecule has 1 unspecified atom stereocenters. The van der Waals surface area contributed by atoms with E-state index in [0.29, 0.717) is 23.7 Å². The van der Waals surface area contributed by atoms with Gasteiger partial charge in [0.15, 0.2) is 10.1 Å². The lowest BCUT2D eigenvalue weighted by molar-refractivity contribution is -0.119. The zero-order valence-corrected chi connectivity index (χ0v) is 20.5. The van der Waals surface area contributed by atoms with Crippen LogP contribution in [0.3, 0.4) is 0 Å². The number of allylic oxidation sites excluding steroid dienone is 2. The summed E-state index contributed by atoms with van der Waals surface area (Å²) in [5.74, 6) is 0.577. The third kappa shape index (κ3) is 4.50. The number of halogens is 1. The molecule has 2 aromatic carbocycles. The number of hydrogen-bond acceptors (Lipinski definition) is 6. The van der Waals surface area contributed by atoms with Crippen LogP contribution < -0.4 is 4.90 Å². The number of benzene rings is 2. The summed E-state index contributed by atoms with van der Waals surface area (Å²) in [4.78, 5) is 28.0. The number of amides is 1. The zero-order chi connectivity index (χ0) is 22.9. The summed E-state index contributed by atoms with van der Waals surface area (Å²) in [5.41, 5.74) is 4.77. The number of aryl methyl sites for hydroxylation is 1. The molecule has 168 valence electrons. The molecule has 2 aliphatic rings. The molecule has 5 rings (SSSR count). The van der Waals surface area contributed by atoms with E-state index in [4.69, 9.17) is 11.6 Å². The summed E-state index contributed by atoms with van der Waals surface area (Å²) >= 11 is 9.19. The number of hydrogen-bond donors (Lipinski definition) is 0. The molecule has 0 saturated carbocycles. The van der Waals surface area contributed by atoms with Crippen LogP contribution in [0.2, 0.25) is 5.02 Å². The molecule has 0 radical (unpaired) electrons. The first kappa shape index (κ1) is 22.3. The quantitative estimate of drug-likeness (QED) is 0.306.